The van der Waals surface area contributed by atoms with Crippen LogP contribution in [0.3, 0.4) is 0 Å². The van der Waals surface area contributed by atoms with Gasteiger partial charge in [0.1, 0.15) is 22.6 Å². The fraction of sp³-hybridized carbons (Fsp3) is 0.154. The van der Waals surface area contributed by atoms with Crippen LogP contribution in [0.2, 0.25) is 0 Å². The number of hydrogen-bond acceptors (Lipinski definition) is 3. The third-order valence-corrected chi connectivity index (χ3v) is 3.59. The lowest BCUT2D eigenvalue weighted by Gasteiger charge is -1.98. The highest BCUT2D eigenvalue weighted by molar-refractivity contribution is 7.11. The van der Waals surface area contributed by atoms with E-state index in [1.807, 2.05) is 30.5 Å². The first-order valence-electron chi connectivity index (χ1n) is 5.19. The topological polar surface area (TPSA) is 36.9 Å². The molecule has 0 aliphatic heterocycles. The number of thiophene rings is 1. The second-order valence-electron chi connectivity index (χ2n) is 3.40. The average molecular weight is 264 g/mol. The second kappa shape index (κ2) is 5.22. The highest BCUT2D eigenvalue weighted by atomic mass is 35.5. The summed E-state index contributed by atoms with van der Waals surface area (Å²) in [6.45, 7) is 2.00. The highest BCUT2D eigenvalue weighted by Crippen LogP contribution is 2.32. The molecule has 0 aliphatic rings. The van der Waals surface area contributed by atoms with Crippen LogP contribution in [0.1, 0.15) is 23.3 Å². The molecule has 2 aromatic heterocycles. The Morgan fingerprint density at radius 1 is 1.47 bits per heavy atom. The molecular formula is C13H10ClNOS. The summed E-state index contributed by atoms with van der Waals surface area (Å²) in [6, 6.07) is 9.56. The van der Waals surface area contributed by atoms with Crippen LogP contribution in [0.5, 0.6) is 0 Å². The number of nitrogens with zero attached hydrogens (tertiary/aromatic N) is 1. The van der Waals surface area contributed by atoms with Crippen LogP contribution in [-0.2, 0) is 6.42 Å². The largest absolute Gasteiger partial charge is 0.460 e. The SMILES string of the molecule is CCc1ccc(C(Cl)=C(C#N)c2cccs2)o1. The van der Waals surface area contributed by atoms with Crippen molar-refractivity contribution in [1.29, 1.82) is 5.26 Å². The Hall–Kier alpha value is -1.50. The Morgan fingerprint density at radius 2 is 2.29 bits per heavy atom. The fourth-order valence-corrected chi connectivity index (χ4v) is 2.47. The van der Waals surface area contributed by atoms with Crippen molar-refractivity contribution in [2.75, 3.05) is 0 Å². The van der Waals surface area contributed by atoms with E-state index >= 15 is 0 Å². The number of hydrogen-bond donors (Lipinski definition) is 0. The minimum absolute atomic E-state index is 0.370. The van der Waals surface area contributed by atoms with Crippen molar-refractivity contribution in [2.45, 2.75) is 13.3 Å². The number of aryl methyl sites for hydroxylation is 1. The van der Waals surface area contributed by atoms with Crippen molar-refractivity contribution < 1.29 is 4.42 Å². The molecule has 0 spiro atoms. The van der Waals surface area contributed by atoms with Gasteiger partial charge < -0.3 is 4.42 Å². The van der Waals surface area contributed by atoms with E-state index < -0.39 is 0 Å². The maximum Gasteiger partial charge on any atom is 0.147 e. The molecule has 4 heteroatoms. The zero-order valence-corrected chi connectivity index (χ0v) is 10.8. The first-order chi connectivity index (χ1) is 8.26. The summed E-state index contributed by atoms with van der Waals surface area (Å²) in [5.74, 6) is 1.41. The van der Waals surface area contributed by atoms with E-state index in [-0.39, 0.29) is 0 Å². The summed E-state index contributed by atoms with van der Waals surface area (Å²) in [6.07, 6.45) is 0.811. The van der Waals surface area contributed by atoms with E-state index in [9.17, 15) is 0 Å². The third-order valence-electron chi connectivity index (χ3n) is 2.33. The van der Waals surface area contributed by atoms with Gasteiger partial charge in [0.05, 0.1) is 5.57 Å². The van der Waals surface area contributed by atoms with Crippen molar-refractivity contribution in [3.63, 3.8) is 0 Å². The summed E-state index contributed by atoms with van der Waals surface area (Å²) in [4.78, 5) is 0.854. The van der Waals surface area contributed by atoms with Crippen LogP contribution >= 0.6 is 22.9 Å². The first kappa shape index (κ1) is 12.0. The van der Waals surface area contributed by atoms with Crippen LogP contribution in [-0.4, -0.2) is 0 Å². The van der Waals surface area contributed by atoms with E-state index in [0.717, 1.165) is 17.1 Å². The minimum Gasteiger partial charge on any atom is -0.460 e. The van der Waals surface area contributed by atoms with E-state index in [1.165, 1.54) is 11.3 Å². The van der Waals surface area contributed by atoms with Gasteiger partial charge in [-0.2, -0.15) is 5.26 Å². The number of rotatable bonds is 3. The summed E-state index contributed by atoms with van der Waals surface area (Å²) >= 11 is 7.69. The summed E-state index contributed by atoms with van der Waals surface area (Å²) < 4.78 is 5.54. The molecule has 2 nitrogen and oxygen atoms in total. The van der Waals surface area contributed by atoms with E-state index in [1.54, 1.807) is 6.07 Å². The molecule has 17 heavy (non-hydrogen) atoms. The molecule has 0 aliphatic carbocycles. The highest BCUT2D eigenvalue weighted by Gasteiger charge is 2.13. The van der Waals surface area contributed by atoms with Gasteiger partial charge in [0.25, 0.3) is 0 Å². The van der Waals surface area contributed by atoms with Gasteiger partial charge in [0.2, 0.25) is 0 Å². The quantitative estimate of drug-likeness (QED) is 0.763. The van der Waals surface area contributed by atoms with Gasteiger partial charge in [-0.25, -0.2) is 0 Å². The van der Waals surface area contributed by atoms with E-state index in [2.05, 4.69) is 6.07 Å². The maximum atomic E-state index is 9.17. The number of furan rings is 1. The van der Waals surface area contributed by atoms with Gasteiger partial charge in [-0.15, -0.1) is 11.3 Å². The Balaban J connectivity index is 2.46. The summed E-state index contributed by atoms with van der Waals surface area (Å²) in [5.41, 5.74) is 0.457. The lowest BCUT2D eigenvalue weighted by molar-refractivity contribution is 0.506. The van der Waals surface area contributed by atoms with Crippen molar-refractivity contribution >= 4 is 33.5 Å². The van der Waals surface area contributed by atoms with Gasteiger partial charge in [0.15, 0.2) is 0 Å². The molecule has 2 aromatic rings. The lowest BCUT2D eigenvalue weighted by atomic mass is 10.2. The third kappa shape index (κ3) is 2.44. The second-order valence-corrected chi connectivity index (χ2v) is 4.72. The lowest BCUT2D eigenvalue weighted by Crippen LogP contribution is -1.80. The minimum atomic E-state index is 0.370. The summed E-state index contributed by atoms with van der Waals surface area (Å²) in [7, 11) is 0. The van der Waals surface area contributed by atoms with Gasteiger partial charge >= 0.3 is 0 Å². The maximum absolute atomic E-state index is 9.17. The van der Waals surface area contributed by atoms with Crippen LogP contribution in [0.25, 0.3) is 10.6 Å². The normalized spacial score (nSPS) is 12.1. The number of nitriles is 1. The number of allylic oxidation sites excluding steroid dienone is 1. The fourth-order valence-electron chi connectivity index (χ4n) is 1.44. The smallest absolute Gasteiger partial charge is 0.147 e. The first-order valence-corrected chi connectivity index (χ1v) is 6.44. The van der Waals surface area contributed by atoms with Crippen LogP contribution in [0.15, 0.2) is 34.1 Å². The molecule has 0 amide bonds. The predicted molar refractivity (Wildman–Crippen MR) is 70.7 cm³/mol. The van der Waals surface area contributed by atoms with Crippen molar-refractivity contribution in [3.8, 4) is 6.07 Å². The van der Waals surface area contributed by atoms with Crippen molar-refractivity contribution in [1.82, 2.24) is 0 Å². The molecule has 0 N–H and O–H groups in total. The Labute approximate surface area is 109 Å². The zero-order valence-electron chi connectivity index (χ0n) is 9.24. The van der Waals surface area contributed by atoms with E-state index in [4.69, 9.17) is 21.3 Å². The standard InChI is InChI=1S/C13H10ClNOS/c1-2-9-5-6-11(16-9)13(14)10(8-15)12-4-3-7-17-12/h3-7H,2H2,1H3. The molecular weight excluding hydrogens is 254 g/mol. The molecule has 0 saturated carbocycles. The Bertz CT molecular complexity index is 575. The predicted octanol–water partition coefficient (Wildman–Crippen LogP) is 4.53. The van der Waals surface area contributed by atoms with Gasteiger partial charge in [-0.3, -0.25) is 0 Å². The zero-order chi connectivity index (χ0) is 12.3. The van der Waals surface area contributed by atoms with Gasteiger partial charge in [-0.05, 0) is 23.6 Å². The van der Waals surface area contributed by atoms with Gasteiger partial charge in [-0.1, -0.05) is 24.6 Å². The van der Waals surface area contributed by atoms with Crippen molar-refractivity contribution in [2.24, 2.45) is 0 Å². The van der Waals surface area contributed by atoms with Crippen LogP contribution in [0.4, 0.5) is 0 Å². The molecule has 0 fully saturated rings. The molecule has 2 rings (SSSR count). The van der Waals surface area contributed by atoms with Crippen LogP contribution in [0, 0.1) is 11.3 Å². The molecule has 0 atom stereocenters. The Morgan fingerprint density at radius 3 is 2.82 bits per heavy atom. The molecule has 0 aromatic carbocycles. The van der Waals surface area contributed by atoms with Crippen molar-refractivity contribution in [3.05, 3.63) is 46.0 Å². The molecule has 86 valence electrons. The van der Waals surface area contributed by atoms with Crippen LogP contribution < -0.4 is 0 Å². The summed E-state index contributed by atoms with van der Waals surface area (Å²) in [5, 5.41) is 11.4. The van der Waals surface area contributed by atoms with Gasteiger partial charge in [0, 0.05) is 11.3 Å². The van der Waals surface area contributed by atoms with E-state index in [0.29, 0.717) is 16.4 Å². The molecule has 0 bridgehead atoms. The molecule has 2 heterocycles. The number of halogens is 1. The molecule has 0 radical (unpaired) electrons. The molecule has 0 unspecified atom stereocenters. The average Bonchev–Trinajstić information content (AvgIpc) is 3.00. The molecule has 0 saturated heterocycles. The Kier molecular flexibility index (Phi) is 3.68. The monoisotopic (exact) mass is 263 g/mol.